The summed E-state index contributed by atoms with van der Waals surface area (Å²) < 4.78 is 0. The predicted molar refractivity (Wildman–Crippen MR) is 50.9 cm³/mol. The van der Waals surface area contributed by atoms with Gasteiger partial charge in [0.1, 0.15) is 0 Å². The fourth-order valence-electron chi connectivity index (χ4n) is 2.06. The third-order valence-electron chi connectivity index (χ3n) is 2.81. The minimum Gasteiger partial charge on any atom is -0.340 e. The summed E-state index contributed by atoms with van der Waals surface area (Å²) in [7, 11) is 0. The van der Waals surface area contributed by atoms with Gasteiger partial charge in [0.15, 0.2) is 5.75 Å². The normalized spacial score (nSPS) is 17.6. The van der Waals surface area contributed by atoms with Gasteiger partial charge in [-0.05, 0) is 36.5 Å². The molecule has 1 fully saturated rings. The molecular weight excluding hydrogens is 164 g/mol. The first kappa shape index (κ1) is 8.57. The van der Waals surface area contributed by atoms with Crippen molar-refractivity contribution in [1.29, 1.82) is 0 Å². The summed E-state index contributed by atoms with van der Waals surface area (Å²) >= 11 is 0. The molecule has 0 bridgehead atoms. The highest BCUT2D eigenvalue weighted by Gasteiger charge is 2.16. The minimum atomic E-state index is 0.516. The smallest absolute Gasteiger partial charge is 0.165 e. The maximum absolute atomic E-state index is 8.39. The van der Waals surface area contributed by atoms with Gasteiger partial charge in [0.2, 0.25) is 0 Å². The van der Waals surface area contributed by atoms with Crippen molar-refractivity contribution in [2.75, 3.05) is 0 Å². The Labute approximate surface area is 78.1 Å². The molecule has 1 aliphatic rings. The molecule has 0 aliphatic heterocycles. The lowest BCUT2D eigenvalue weighted by atomic mass is 9.98. The van der Waals surface area contributed by atoms with Crippen molar-refractivity contribution in [3.8, 4) is 5.75 Å². The van der Waals surface area contributed by atoms with E-state index in [2.05, 4.69) is 4.89 Å². The third-order valence-corrected chi connectivity index (χ3v) is 2.81. The highest BCUT2D eigenvalue weighted by Crippen LogP contribution is 2.34. The average molecular weight is 178 g/mol. The fourth-order valence-corrected chi connectivity index (χ4v) is 2.06. The minimum absolute atomic E-state index is 0.516. The first-order chi connectivity index (χ1) is 6.40. The van der Waals surface area contributed by atoms with Crippen molar-refractivity contribution in [3.63, 3.8) is 0 Å². The lowest BCUT2D eigenvalue weighted by Gasteiger charge is -2.08. The second kappa shape index (κ2) is 3.79. The molecule has 2 nitrogen and oxygen atoms in total. The lowest BCUT2D eigenvalue weighted by molar-refractivity contribution is -0.137. The van der Waals surface area contributed by atoms with Crippen LogP contribution in [0.3, 0.4) is 0 Å². The quantitative estimate of drug-likeness (QED) is 0.556. The molecule has 0 aromatic heterocycles. The zero-order chi connectivity index (χ0) is 9.10. The molecular formula is C11H14O2. The van der Waals surface area contributed by atoms with Gasteiger partial charge in [-0.3, -0.25) is 0 Å². The molecule has 0 spiro atoms. The molecule has 0 amide bonds. The van der Waals surface area contributed by atoms with Gasteiger partial charge in [0, 0.05) is 0 Å². The molecule has 1 saturated carbocycles. The van der Waals surface area contributed by atoms with E-state index in [1.807, 2.05) is 24.3 Å². The standard InChI is InChI=1S/C11H14O2/c12-13-11-7-5-10(6-8-11)9-3-1-2-4-9/h5-9,12H,1-4H2. The van der Waals surface area contributed by atoms with Crippen LogP contribution < -0.4 is 4.89 Å². The monoisotopic (exact) mass is 178 g/mol. The van der Waals surface area contributed by atoms with Crippen LogP contribution in [0.5, 0.6) is 5.75 Å². The van der Waals surface area contributed by atoms with Crippen LogP contribution in [0.1, 0.15) is 37.2 Å². The van der Waals surface area contributed by atoms with Crippen molar-refractivity contribution in [1.82, 2.24) is 0 Å². The largest absolute Gasteiger partial charge is 0.340 e. The van der Waals surface area contributed by atoms with E-state index < -0.39 is 0 Å². The second-order valence-electron chi connectivity index (χ2n) is 3.64. The lowest BCUT2D eigenvalue weighted by Crippen LogP contribution is -1.92. The van der Waals surface area contributed by atoms with E-state index >= 15 is 0 Å². The Hall–Kier alpha value is -1.02. The molecule has 2 heteroatoms. The van der Waals surface area contributed by atoms with Crippen molar-refractivity contribution >= 4 is 0 Å². The first-order valence-corrected chi connectivity index (χ1v) is 4.81. The SMILES string of the molecule is OOc1ccc(C2CCCC2)cc1. The highest BCUT2D eigenvalue weighted by molar-refractivity contribution is 5.29. The van der Waals surface area contributed by atoms with Crippen LogP contribution in [0.15, 0.2) is 24.3 Å². The van der Waals surface area contributed by atoms with E-state index in [1.165, 1.54) is 31.2 Å². The third kappa shape index (κ3) is 1.83. The molecule has 1 aromatic carbocycles. The average Bonchev–Trinajstić information content (AvgIpc) is 2.71. The molecule has 0 unspecified atom stereocenters. The summed E-state index contributed by atoms with van der Waals surface area (Å²) in [5, 5.41) is 8.39. The number of rotatable bonds is 2. The van der Waals surface area contributed by atoms with Crippen molar-refractivity contribution in [3.05, 3.63) is 29.8 Å². The topological polar surface area (TPSA) is 29.5 Å². The zero-order valence-corrected chi connectivity index (χ0v) is 7.57. The molecule has 0 atom stereocenters. The van der Waals surface area contributed by atoms with Gasteiger partial charge < -0.3 is 4.89 Å². The van der Waals surface area contributed by atoms with E-state index in [0.717, 1.165) is 5.92 Å². The van der Waals surface area contributed by atoms with E-state index in [4.69, 9.17) is 5.26 Å². The molecule has 0 heterocycles. The molecule has 0 radical (unpaired) electrons. The zero-order valence-electron chi connectivity index (χ0n) is 7.57. The van der Waals surface area contributed by atoms with Crippen LogP contribution in [0.25, 0.3) is 0 Å². The van der Waals surface area contributed by atoms with E-state index in [0.29, 0.717) is 5.75 Å². The summed E-state index contributed by atoms with van der Waals surface area (Å²) in [4.78, 5) is 4.13. The van der Waals surface area contributed by atoms with Crippen LogP contribution >= 0.6 is 0 Å². The van der Waals surface area contributed by atoms with Crippen LogP contribution in [0, 0.1) is 0 Å². The highest BCUT2D eigenvalue weighted by atomic mass is 17.1. The molecule has 70 valence electrons. The van der Waals surface area contributed by atoms with Gasteiger partial charge in [0.25, 0.3) is 0 Å². The molecule has 1 aliphatic carbocycles. The summed E-state index contributed by atoms with van der Waals surface area (Å²) in [6, 6.07) is 7.71. The molecule has 1 aromatic rings. The van der Waals surface area contributed by atoms with Gasteiger partial charge >= 0.3 is 0 Å². The van der Waals surface area contributed by atoms with Gasteiger partial charge in [-0.15, -0.1) is 0 Å². The second-order valence-corrected chi connectivity index (χ2v) is 3.64. The Morgan fingerprint density at radius 2 is 1.69 bits per heavy atom. The van der Waals surface area contributed by atoms with Crippen molar-refractivity contribution < 1.29 is 10.1 Å². The van der Waals surface area contributed by atoms with E-state index in [-0.39, 0.29) is 0 Å². The maximum atomic E-state index is 8.39. The molecule has 13 heavy (non-hydrogen) atoms. The van der Waals surface area contributed by atoms with Gasteiger partial charge in [-0.25, -0.2) is 5.26 Å². The summed E-state index contributed by atoms with van der Waals surface area (Å²) in [5.74, 6) is 1.24. The molecule has 1 N–H and O–H groups in total. The van der Waals surface area contributed by atoms with E-state index in [1.54, 1.807) is 0 Å². The number of hydrogen-bond acceptors (Lipinski definition) is 2. The Morgan fingerprint density at radius 1 is 1.08 bits per heavy atom. The van der Waals surface area contributed by atoms with Gasteiger partial charge in [-0.1, -0.05) is 25.0 Å². The van der Waals surface area contributed by atoms with Crippen LogP contribution in [0.4, 0.5) is 0 Å². The Bertz CT molecular complexity index is 260. The predicted octanol–water partition coefficient (Wildman–Crippen LogP) is 3.20. The summed E-state index contributed by atoms with van der Waals surface area (Å²) in [6.07, 6.45) is 5.31. The van der Waals surface area contributed by atoms with Crippen molar-refractivity contribution in [2.45, 2.75) is 31.6 Å². The molecule has 0 saturated heterocycles. The first-order valence-electron chi connectivity index (χ1n) is 4.81. The Morgan fingerprint density at radius 3 is 2.23 bits per heavy atom. The summed E-state index contributed by atoms with van der Waals surface area (Å²) in [6.45, 7) is 0. The van der Waals surface area contributed by atoms with Crippen LogP contribution in [-0.2, 0) is 0 Å². The fraction of sp³-hybridized carbons (Fsp3) is 0.455. The number of hydrogen-bond donors (Lipinski definition) is 1. The maximum Gasteiger partial charge on any atom is 0.165 e. The van der Waals surface area contributed by atoms with Crippen LogP contribution in [0.2, 0.25) is 0 Å². The molecule has 2 rings (SSSR count). The Kier molecular flexibility index (Phi) is 2.50. The Balaban J connectivity index is 2.12. The number of benzene rings is 1. The van der Waals surface area contributed by atoms with Gasteiger partial charge in [-0.2, -0.15) is 0 Å². The van der Waals surface area contributed by atoms with Crippen LogP contribution in [-0.4, -0.2) is 5.26 Å². The van der Waals surface area contributed by atoms with Crippen molar-refractivity contribution in [2.24, 2.45) is 0 Å². The van der Waals surface area contributed by atoms with Gasteiger partial charge in [0.05, 0.1) is 0 Å². The summed E-state index contributed by atoms with van der Waals surface area (Å²) in [5.41, 5.74) is 1.37. The van der Waals surface area contributed by atoms with E-state index in [9.17, 15) is 0 Å².